The smallest absolute Gasteiger partial charge is 0.250 e. The van der Waals surface area contributed by atoms with Gasteiger partial charge in [0.15, 0.2) is 0 Å². The Hall–Kier alpha value is -2.32. The lowest BCUT2D eigenvalue weighted by atomic mass is 10.1. The summed E-state index contributed by atoms with van der Waals surface area (Å²) in [6.07, 6.45) is 0. The zero-order valence-electron chi connectivity index (χ0n) is 10.6. The van der Waals surface area contributed by atoms with Crippen LogP contribution in [0, 0.1) is 11.3 Å². The molecule has 2 aromatic carbocycles. The highest BCUT2D eigenvalue weighted by atomic mass is 79.9. The van der Waals surface area contributed by atoms with E-state index in [4.69, 9.17) is 11.0 Å². The van der Waals surface area contributed by atoms with Crippen molar-refractivity contribution in [2.75, 3.05) is 5.32 Å². The summed E-state index contributed by atoms with van der Waals surface area (Å²) in [5, 5.41) is 12.1. The molecule has 2 aromatic rings. The molecule has 0 bridgehead atoms. The van der Waals surface area contributed by atoms with Crippen molar-refractivity contribution in [3.05, 3.63) is 63.6 Å². The van der Waals surface area contributed by atoms with Gasteiger partial charge in [-0.3, -0.25) is 4.79 Å². The fourth-order valence-corrected chi connectivity index (χ4v) is 2.21. The first kappa shape index (κ1) is 14.1. The van der Waals surface area contributed by atoms with E-state index < -0.39 is 5.91 Å². The second-order valence-electron chi connectivity index (χ2n) is 4.18. The molecular formula is C15H12BrN3O. The van der Waals surface area contributed by atoms with Crippen LogP contribution in [0.1, 0.15) is 21.5 Å². The highest BCUT2D eigenvalue weighted by Crippen LogP contribution is 2.21. The van der Waals surface area contributed by atoms with Gasteiger partial charge in [0.1, 0.15) is 0 Å². The van der Waals surface area contributed by atoms with Gasteiger partial charge in [-0.1, -0.05) is 28.1 Å². The predicted octanol–water partition coefficient (Wildman–Crippen LogP) is 3.03. The molecule has 0 aromatic heterocycles. The zero-order chi connectivity index (χ0) is 14.5. The van der Waals surface area contributed by atoms with Crippen LogP contribution in [0.25, 0.3) is 0 Å². The monoisotopic (exact) mass is 329 g/mol. The summed E-state index contributed by atoms with van der Waals surface area (Å²) in [4.78, 5) is 11.3. The van der Waals surface area contributed by atoms with E-state index in [0.717, 1.165) is 10.0 Å². The Balaban J connectivity index is 2.21. The Bertz CT molecular complexity index is 692. The number of rotatable bonds is 4. The Morgan fingerprint density at radius 1 is 1.30 bits per heavy atom. The molecule has 0 radical (unpaired) electrons. The third-order valence-electron chi connectivity index (χ3n) is 2.84. The Kier molecular flexibility index (Phi) is 4.38. The summed E-state index contributed by atoms with van der Waals surface area (Å²) >= 11 is 3.44. The van der Waals surface area contributed by atoms with Crippen molar-refractivity contribution in [3.63, 3.8) is 0 Å². The molecule has 2 rings (SSSR count). The van der Waals surface area contributed by atoms with Gasteiger partial charge in [0.2, 0.25) is 0 Å². The molecule has 3 N–H and O–H groups in total. The molecular weight excluding hydrogens is 318 g/mol. The van der Waals surface area contributed by atoms with Gasteiger partial charge in [-0.05, 0) is 35.9 Å². The molecule has 0 atom stereocenters. The topological polar surface area (TPSA) is 78.9 Å². The number of halogens is 1. The van der Waals surface area contributed by atoms with Crippen LogP contribution in [0.5, 0.6) is 0 Å². The second-order valence-corrected chi connectivity index (χ2v) is 5.04. The van der Waals surface area contributed by atoms with E-state index in [1.165, 1.54) is 0 Å². The summed E-state index contributed by atoms with van der Waals surface area (Å²) < 4.78 is 0.903. The number of para-hydroxylation sites is 1. The van der Waals surface area contributed by atoms with E-state index in [1.807, 2.05) is 12.1 Å². The highest BCUT2D eigenvalue weighted by Gasteiger charge is 2.08. The number of nitrogens with zero attached hydrogens (tertiary/aromatic N) is 1. The van der Waals surface area contributed by atoms with E-state index in [9.17, 15) is 4.79 Å². The molecule has 0 fully saturated rings. The molecule has 0 saturated carbocycles. The molecule has 20 heavy (non-hydrogen) atoms. The van der Waals surface area contributed by atoms with Crippen molar-refractivity contribution in [1.29, 1.82) is 5.26 Å². The lowest BCUT2D eigenvalue weighted by molar-refractivity contribution is 0.100. The number of nitrogens with one attached hydrogen (secondary N) is 1. The number of hydrogen-bond donors (Lipinski definition) is 2. The van der Waals surface area contributed by atoms with Gasteiger partial charge < -0.3 is 11.1 Å². The minimum atomic E-state index is -0.474. The standard InChI is InChI=1S/C15H12BrN3O/c16-13-6-5-10(8-17)7-11(13)9-19-14-4-2-1-3-12(14)15(18)20/h1-7,19H,9H2,(H2,18,20). The van der Waals surface area contributed by atoms with Crippen molar-refractivity contribution in [1.82, 2.24) is 0 Å². The van der Waals surface area contributed by atoms with Crippen molar-refractivity contribution in [2.24, 2.45) is 5.73 Å². The van der Waals surface area contributed by atoms with E-state index >= 15 is 0 Å². The number of nitrogens with two attached hydrogens (primary N) is 1. The molecule has 5 heteroatoms. The number of primary amides is 1. The molecule has 0 aliphatic carbocycles. The van der Waals surface area contributed by atoms with E-state index in [1.54, 1.807) is 30.3 Å². The number of carbonyl (C=O) groups is 1. The fourth-order valence-electron chi connectivity index (χ4n) is 1.82. The van der Waals surface area contributed by atoms with Crippen LogP contribution in [0.15, 0.2) is 46.9 Å². The molecule has 0 aliphatic rings. The summed E-state index contributed by atoms with van der Waals surface area (Å²) in [5.41, 5.74) is 7.97. The number of carbonyl (C=O) groups excluding carboxylic acids is 1. The average Bonchev–Trinajstić information content (AvgIpc) is 2.46. The fraction of sp³-hybridized carbons (Fsp3) is 0.0667. The second kappa shape index (κ2) is 6.22. The molecule has 0 spiro atoms. The van der Waals surface area contributed by atoms with Crippen molar-refractivity contribution < 1.29 is 4.79 Å². The number of nitriles is 1. The van der Waals surface area contributed by atoms with Crippen molar-refractivity contribution in [3.8, 4) is 6.07 Å². The lowest BCUT2D eigenvalue weighted by Gasteiger charge is -2.11. The van der Waals surface area contributed by atoms with E-state index in [0.29, 0.717) is 23.4 Å². The number of benzene rings is 2. The van der Waals surface area contributed by atoms with Crippen LogP contribution in [0.2, 0.25) is 0 Å². The first-order valence-electron chi connectivity index (χ1n) is 5.93. The average molecular weight is 330 g/mol. The van der Waals surface area contributed by atoms with Gasteiger partial charge in [-0.2, -0.15) is 5.26 Å². The van der Waals surface area contributed by atoms with Gasteiger partial charge in [0.25, 0.3) is 5.91 Å². The molecule has 0 heterocycles. The van der Waals surface area contributed by atoms with Gasteiger partial charge in [-0.25, -0.2) is 0 Å². The number of amides is 1. The summed E-state index contributed by atoms with van der Waals surface area (Å²) in [6, 6.07) is 14.5. The third kappa shape index (κ3) is 3.16. The van der Waals surface area contributed by atoms with Crippen LogP contribution < -0.4 is 11.1 Å². The van der Waals surface area contributed by atoms with E-state index in [-0.39, 0.29) is 0 Å². The normalized spacial score (nSPS) is 9.80. The molecule has 100 valence electrons. The van der Waals surface area contributed by atoms with Crippen molar-refractivity contribution >= 4 is 27.5 Å². The van der Waals surface area contributed by atoms with Crippen LogP contribution >= 0.6 is 15.9 Å². The minimum Gasteiger partial charge on any atom is -0.380 e. The Morgan fingerprint density at radius 2 is 2.05 bits per heavy atom. The maximum absolute atomic E-state index is 11.3. The maximum Gasteiger partial charge on any atom is 0.250 e. The quantitative estimate of drug-likeness (QED) is 0.904. The third-order valence-corrected chi connectivity index (χ3v) is 3.61. The molecule has 0 saturated heterocycles. The lowest BCUT2D eigenvalue weighted by Crippen LogP contribution is -2.14. The van der Waals surface area contributed by atoms with Crippen LogP contribution in [-0.4, -0.2) is 5.91 Å². The van der Waals surface area contributed by atoms with Gasteiger partial charge in [-0.15, -0.1) is 0 Å². The summed E-state index contributed by atoms with van der Waals surface area (Å²) in [7, 11) is 0. The first-order chi connectivity index (χ1) is 9.61. The molecule has 0 unspecified atom stereocenters. The van der Waals surface area contributed by atoms with Gasteiger partial charge in [0.05, 0.1) is 17.2 Å². The highest BCUT2D eigenvalue weighted by molar-refractivity contribution is 9.10. The van der Waals surface area contributed by atoms with Crippen LogP contribution in [-0.2, 0) is 6.54 Å². The van der Waals surface area contributed by atoms with Gasteiger partial charge >= 0.3 is 0 Å². The van der Waals surface area contributed by atoms with Gasteiger partial charge in [0, 0.05) is 16.7 Å². The molecule has 1 amide bonds. The summed E-state index contributed by atoms with van der Waals surface area (Å²) in [5.74, 6) is -0.474. The zero-order valence-corrected chi connectivity index (χ0v) is 12.1. The van der Waals surface area contributed by atoms with E-state index in [2.05, 4.69) is 27.3 Å². The molecule has 4 nitrogen and oxygen atoms in total. The SMILES string of the molecule is N#Cc1ccc(Br)c(CNc2ccccc2C(N)=O)c1. The Morgan fingerprint density at radius 3 is 2.75 bits per heavy atom. The minimum absolute atomic E-state index is 0.445. The number of anilines is 1. The largest absolute Gasteiger partial charge is 0.380 e. The predicted molar refractivity (Wildman–Crippen MR) is 81.1 cm³/mol. The van der Waals surface area contributed by atoms with Crippen LogP contribution in [0.3, 0.4) is 0 Å². The maximum atomic E-state index is 11.3. The number of hydrogen-bond acceptors (Lipinski definition) is 3. The Labute approximate surface area is 125 Å². The summed E-state index contributed by atoms with van der Waals surface area (Å²) in [6.45, 7) is 0.487. The molecule has 0 aliphatic heterocycles. The van der Waals surface area contributed by atoms with Crippen LogP contribution in [0.4, 0.5) is 5.69 Å². The first-order valence-corrected chi connectivity index (χ1v) is 6.72. The van der Waals surface area contributed by atoms with Crippen molar-refractivity contribution in [2.45, 2.75) is 6.54 Å².